The third-order valence-corrected chi connectivity index (χ3v) is 4.21. The van der Waals surface area contributed by atoms with Crippen molar-refractivity contribution in [2.24, 2.45) is 0 Å². The lowest BCUT2D eigenvalue weighted by Crippen LogP contribution is -2.25. The molecule has 0 aliphatic carbocycles. The highest BCUT2D eigenvalue weighted by Crippen LogP contribution is 2.22. The van der Waals surface area contributed by atoms with Gasteiger partial charge in [-0.3, -0.25) is 4.57 Å². The van der Waals surface area contributed by atoms with Crippen molar-refractivity contribution in [1.82, 2.24) is 9.55 Å². The summed E-state index contributed by atoms with van der Waals surface area (Å²) < 4.78 is 7.04. The summed E-state index contributed by atoms with van der Waals surface area (Å²) in [6.07, 6.45) is 1.54. The second-order valence-corrected chi connectivity index (χ2v) is 6.37. The minimum atomic E-state index is -0.694. The minimum absolute atomic E-state index is 0.303. The van der Waals surface area contributed by atoms with Crippen molar-refractivity contribution in [3.05, 3.63) is 60.1 Å². The summed E-state index contributed by atoms with van der Waals surface area (Å²) in [6, 6.07) is 7.03. The van der Waals surface area contributed by atoms with Crippen LogP contribution < -0.4 is 11.4 Å². The van der Waals surface area contributed by atoms with Crippen molar-refractivity contribution < 1.29 is 4.42 Å². The van der Waals surface area contributed by atoms with Gasteiger partial charge in [0, 0.05) is 11.1 Å². The number of halogens is 1. The first kappa shape index (κ1) is 12.3. The Balaban J connectivity index is 2.23. The van der Waals surface area contributed by atoms with Crippen molar-refractivity contribution in [2.45, 2.75) is 6.54 Å². The van der Waals surface area contributed by atoms with Crippen LogP contribution in [0, 0.1) is 0 Å². The molecule has 3 heterocycles. The van der Waals surface area contributed by atoms with E-state index in [1.165, 1.54) is 15.9 Å². The summed E-state index contributed by atoms with van der Waals surface area (Å²) in [5.41, 5.74) is -0.315. The fourth-order valence-electron chi connectivity index (χ4n) is 1.78. The largest absolute Gasteiger partial charge is 0.423 e. The van der Waals surface area contributed by atoms with Crippen LogP contribution in [-0.2, 0) is 6.54 Å². The van der Waals surface area contributed by atoms with Gasteiger partial charge in [-0.05, 0) is 40.2 Å². The molecule has 19 heavy (non-hydrogen) atoms. The molecule has 0 spiro atoms. The number of rotatable bonds is 2. The van der Waals surface area contributed by atoms with Crippen molar-refractivity contribution in [3.8, 4) is 0 Å². The van der Waals surface area contributed by atoms with E-state index < -0.39 is 11.4 Å². The second kappa shape index (κ2) is 4.75. The monoisotopic (exact) mass is 338 g/mol. The highest BCUT2D eigenvalue weighted by atomic mass is 79.9. The molecule has 0 aromatic carbocycles. The van der Waals surface area contributed by atoms with Crippen molar-refractivity contribution >= 4 is 38.3 Å². The van der Waals surface area contributed by atoms with Gasteiger partial charge in [-0.15, -0.1) is 11.3 Å². The van der Waals surface area contributed by atoms with E-state index in [2.05, 4.69) is 20.9 Å². The maximum atomic E-state index is 11.8. The van der Waals surface area contributed by atoms with Gasteiger partial charge in [-0.25, -0.2) is 14.6 Å². The van der Waals surface area contributed by atoms with Gasteiger partial charge in [0.05, 0.1) is 10.3 Å². The first-order chi connectivity index (χ1) is 9.15. The Kier molecular flexibility index (Phi) is 3.08. The van der Waals surface area contributed by atoms with E-state index in [-0.39, 0.29) is 0 Å². The Labute approximate surface area is 119 Å². The van der Waals surface area contributed by atoms with Gasteiger partial charge in [-0.2, -0.15) is 0 Å². The van der Waals surface area contributed by atoms with E-state index in [9.17, 15) is 9.59 Å². The standard InChI is InChI=1S/C12H7BrN2O3S/c13-9-4-3-7(19-9)6-15-10-8(2-1-5-14-10)11(16)18-12(15)17/h1-5H,6H2. The van der Waals surface area contributed by atoms with Crippen LogP contribution in [0.25, 0.3) is 11.0 Å². The number of nitrogens with zero attached hydrogens (tertiary/aromatic N) is 2. The number of hydrogen-bond acceptors (Lipinski definition) is 5. The molecule has 0 aliphatic rings. The number of fused-ring (bicyclic) bond motifs is 1. The fourth-order valence-corrected chi connectivity index (χ4v) is 3.25. The molecular formula is C12H7BrN2O3S. The molecule has 0 radical (unpaired) electrons. The first-order valence-electron chi connectivity index (χ1n) is 5.38. The van der Waals surface area contributed by atoms with Gasteiger partial charge in [-0.1, -0.05) is 0 Å². The van der Waals surface area contributed by atoms with Gasteiger partial charge >= 0.3 is 11.4 Å². The van der Waals surface area contributed by atoms with E-state index in [1.807, 2.05) is 12.1 Å². The van der Waals surface area contributed by atoms with Crippen LogP contribution in [0.15, 0.2) is 48.3 Å². The lowest BCUT2D eigenvalue weighted by Gasteiger charge is -2.05. The Morgan fingerprint density at radius 1 is 1.32 bits per heavy atom. The predicted octanol–water partition coefficient (Wildman–Crippen LogP) is 2.22. The lowest BCUT2D eigenvalue weighted by molar-refractivity contribution is 0.424. The summed E-state index contributed by atoms with van der Waals surface area (Å²) in [7, 11) is 0. The van der Waals surface area contributed by atoms with Crippen molar-refractivity contribution in [1.29, 1.82) is 0 Å². The van der Waals surface area contributed by atoms with Gasteiger partial charge in [0.1, 0.15) is 5.39 Å². The summed E-state index contributed by atoms with van der Waals surface area (Å²) in [5.74, 6) is -0.694. The predicted molar refractivity (Wildman–Crippen MR) is 75.7 cm³/mol. The zero-order valence-electron chi connectivity index (χ0n) is 9.50. The smallest absolute Gasteiger partial charge is 0.372 e. The summed E-state index contributed by atoms with van der Waals surface area (Å²) in [6.45, 7) is 0.326. The molecule has 0 saturated heterocycles. The maximum absolute atomic E-state index is 11.8. The van der Waals surface area contributed by atoms with E-state index in [1.54, 1.807) is 18.3 Å². The molecule has 0 saturated carbocycles. The molecule has 0 bridgehead atoms. The molecule has 0 unspecified atom stereocenters. The third-order valence-electron chi connectivity index (χ3n) is 2.61. The van der Waals surface area contributed by atoms with E-state index in [0.717, 1.165) is 8.66 Å². The number of hydrogen-bond donors (Lipinski definition) is 0. The van der Waals surface area contributed by atoms with Gasteiger partial charge in [0.25, 0.3) is 0 Å². The van der Waals surface area contributed by atoms with Crippen LogP contribution in [0.1, 0.15) is 4.88 Å². The molecule has 0 aliphatic heterocycles. The molecule has 0 atom stereocenters. The minimum Gasteiger partial charge on any atom is -0.372 e. The maximum Gasteiger partial charge on any atom is 0.423 e. The topological polar surface area (TPSA) is 65.1 Å². The molecule has 5 nitrogen and oxygen atoms in total. The fraction of sp³-hybridized carbons (Fsp3) is 0.0833. The van der Waals surface area contributed by atoms with E-state index >= 15 is 0 Å². The molecule has 0 N–H and O–H groups in total. The molecule has 0 amide bonds. The van der Waals surface area contributed by atoms with Crippen LogP contribution in [0.5, 0.6) is 0 Å². The molecule has 7 heteroatoms. The van der Waals surface area contributed by atoms with Crippen LogP contribution >= 0.6 is 27.3 Å². The number of pyridine rings is 1. The molecule has 0 fully saturated rings. The SMILES string of the molecule is O=c1oc(=O)n(Cc2ccc(Br)s2)c2ncccc12. The van der Waals surface area contributed by atoms with Gasteiger partial charge < -0.3 is 4.42 Å². The summed E-state index contributed by atoms with van der Waals surface area (Å²) in [5, 5.41) is 0.303. The normalized spacial score (nSPS) is 11.0. The Morgan fingerprint density at radius 3 is 2.89 bits per heavy atom. The van der Waals surface area contributed by atoms with Crippen molar-refractivity contribution in [3.63, 3.8) is 0 Å². The van der Waals surface area contributed by atoms with Crippen molar-refractivity contribution in [2.75, 3.05) is 0 Å². The Hall–Kier alpha value is -1.73. The number of thiophene rings is 1. The highest BCUT2D eigenvalue weighted by molar-refractivity contribution is 9.11. The number of aromatic nitrogens is 2. The van der Waals surface area contributed by atoms with Gasteiger partial charge in [0.2, 0.25) is 0 Å². The highest BCUT2D eigenvalue weighted by Gasteiger charge is 2.11. The van der Waals surface area contributed by atoms with Crippen LogP contribution in [0.3, 0.4) is 0 Å². The average molecular weight is 339 g/mol. The molecule has 3 rings (SSSR count). The van der Waals surface area contributed by atoms with Gasteiger partial charge in [0.15, 0.2) is 5.65 Å². The second-order valence-electron chi connectivity index (χ2n) is 3.82. The quantitative estimate of drug-likeness (QED) is 0.718. The van der Waals surface area contributed by atoms with E-state index in [0.29, 0.717) is 17.6 Å². The van der Waals surface area contributed by atoms with E-state index in [4.69, 9.17) is 4.42 Å². The zero-order chi connectivity index (χ0) is 13.4. The third kappa shape index (κ3) is 2.26. The average Bonchev–Trinajstić information content (AvgIpc) is 2.80. The molecular weight excluding hydrogens is 332 g/mol. The molecule has 96 valence electrons. The summed E-state index contributed by atoms with van der Waals surface area (Å²) in [4.78, 5) is 28.5. The Morgan fingerprint density at radius 2 is 2.16 bits per heavy atom. The lowest BCUT2D eigenvalue weighted by atomic mass is 10.3. The zero-order valence-corrected chi connectivity index (χ0v) is 11.9. The first-order valence-corrected chi connectivity index (χ1v) is 6.99. The molecule has 3 aromatic heterocycles. The molecule has 3 aromatic rings. The summed E-state index contributed by atoms with van der Waals surface area (Å²) >= 11 is 4.88. The van der Waals surface area contributed by atoms with Crippen LogP contribution in [-0.4, -0.2) is 9.55 Å². The van der Waals surface area contributed by atoms with Crippen LogP contribution in [0.2, 0.25) is 0 Å². The van der Waals surface area contributed by atoms with Crippen LogP contribution in [0.4, 0.5) is 0 Å². The Bertz CT molecular complexity index is 865.